The lowest BCUT2D eigenvalue weighted by Gasteiger charge is -2.23. The summed E-state index contributed by atoms with van der Waals surface area (Å²) >= 11 is 0. The quantitative estimate of drug-likeness (QED) is 0.578. The van der Waals surface area contributed by atoms with Crippen molar-refractivity contribution in [1.29, 1.82) is 0 Å². The van der Waals surface area contributed by atoms with Crippen LogP contribution in [-0.4, -0.2) is 30.9 Å². The Balaban J connectivity index is 0.00000210. The highest BCUT2D eigenvalue weighted by Gasteiger charge is 2.57. The lowest BCUT2D eigenvalue weighted by molar-refractivity contribution is -0.124. The molecule has 1 spiro atoms. The minimum absolute atomic E-state index is 0. The van der Waals surface area contributed by atoms with E-state index >= 15 is 0 Å². The molecule has 2 aliphatic heterocycles. The second kappa shape index (κ2) is 7.13. The van der Waals surface area contributed by atoms with Crippen LogP contribution in [0.2, 0.25) is 0 Å². The summed E-state index contributed by atoms with van der Waals surface area (Å²) in [5.41, 5.74) is 0.873. The van der Waals surface area contributed by atoms with E-state index in [1.54, 1.807) is 6.92 Å². The largest absolute Gasteiger partial charge is 0.352 e. The molecule has 1 saturated carbocycles. The number of nitrogens with one attached hydrogen (secondary N) is 4. The van der Waals surface area contributed by atoms with E-state index in [1.165, 1.54) is 0 Å². The van der Waals surface area contributed by atoms with Gasteiger partial charge in [-0.2, -0.15) is 0 Å². The van der Waals surface area contributed by atoms with Crippen LogP contribution in [0.3, 0.4) is 0 Å². The van der Waals surface area contributed by atoms with Gasteiger partial charge in [-0.1, -0.05) is 24.3 Å². The van der Waals surface area contributed by atoms with Crippen LogP contribution in [0.5, 0.6) is 0 Å². The molecule has 4 amide bonds. The van der Waals surface area contributed by atoms with Crippen LogP contribution in [0.15, 0.2) is 24.3 Å². The lowest BCUT2D eigenvalue weighted by Crippen LogP contribution is -2.40. The number of rotatable bonds is 4. The van der Waals surface area contributed by atoms with Crippen LogP contribution in [-0.2, 0) is 21.7 Å². The average molecular weight is 393 g/mol. The second-order valence-electron chi connectivity index (χ2n) is 7.82. The molecule has 2 atom stereocenters. The molecule has 3 fully saturated rings. The Kier molecular flexibility index (Phi) is 5.18. The molecule has 0 aromatic heterocycles. The molecule has 8 heteroatoms. The number of carbonyl (C=O) groups excluding carboxylic acids is 3. The number of carbonyl (C=O) groups is 3. The summed E-state index contributed by atoms with van der Waals surface area (Å²) in [6.45, 7) is 4.16. The minimum atomic E-state index is -1.05. The van der Waals surface area contributed by atoms with Crippen molar-refractivity contribution < 1.29 is 14.4 Å². The van der Waals surface area contributed by atoms with Gasteiger partial charge in [0.25, 0.3) is 5.91 Å². The van der Waals surface area contributed by atoms with E-state index in [0.29, 0.717) is 12.1 Å². The molecule has 2 heterocycles. The highest BCUT2D eigenvalue weighted by atomic mass is 35.5. The van der Waals surface area contributed by atoms with E-state index in [9.17, 15) is 14.4 Å². The SMILES string of the molecule is CC1(c2ccc(CNC(=O)C3CC34CCNCC4)cc2)NC(=O)NC1=O.Cl. The van der Waals surface area contributed by atoms with Gasteiger partial charge in [0.1, 0.15) is 5.54 Å². The molecule has 7 nitrogen and oxygen atoms in total. The summed E-state index contributed by atoms with van der Waals surface area (Å²) in [4.78, 5) is 35.8. The highest BCUT2D eigenvalue weighted by Crippen LogP contribution is 2.58. The third kappa shape index (κ3) is 3.53. The Morgan fingerprint density at radius 1 is 1.19 bits per heavy atom. The van der Waals surface area contributed by atoms with Gasteiger partial charge in [0.2, 0.25) is 5.91 Å². The van der Waals surface area contributed by atoms with Crippen LogP contribution < -0.4 is 21.3 Å². The predicted octanol–water partition coefficient (Wildman–Crippen LogP) is 1.17. The van der Waals surface area contributed by atoms with Gasteiger partial charge < -0.3 is 16.0 Å². The molecule has 3 aliphatic rings. The average Bonchev–Trinajstić information content (AvgIpc) is 3.25. The zero-order chi connectivity index (χ0) is 18.4. The number of imide groups is 1. The van der Waals surface area contributed by atoms with E-state index in [1.807, 2.05) is 24.3 Å². The Hall–Kier alpha value is -2.12. The zero-order valence-corrected chi connectivity index (χ0v) is 16.1. The monoisotopic (exact) mass is 392 g/mol. The molecule has 4 N–H and O–H groups in total. The van der Waals surface area contributed by atoms with E-state index in [4.69, 9.17) is 0 Å². The maximum atomic E-state index is 12.4. The Morgan fingerprint density at radius 2 is 1.85 bits per heavy atom. The fourth-order valence-electron chi connectivity index (χ4n) is 4.21. The normalized spacial score (nSPS) is 28.1. The number of urea groups is 1. The fraction of sp³-hybridized carbons (Fsp3) is 0.526. The van der Waals surface area contributed by atoms with E-state index in [2.05, 4.69) is 21.3 Å². The summed E-state index contributed by atoms with van der Waals surface area (Å²) in [5, 5.41) is 11.3. The molecular weight excluding hydrogens is 368 g/mol. The molecule has 1 aliphatic carbocycles. The topological polar surface area (TPSA) is 99.3 Å². The number of piperidine rings is 1. The standard InChI is InChI=1S/C19H24N4O3.ClH/c1-18(16(25)22-17(26)23-18)13-4-2-12(3-5-13)11-21-15(24)14-10-19(14)6-8-20-9-7-19;/h2-5,14,20H,6-11H2,1H3,(H,21,24)(H2,22,23,25,26);1H. The van der Waals surface area contributed by atoms with Gasteiger partial charge in [-0.3, -0.25) is 14.9 Å². The van der Waals surface area contributed by atoms with Crippen molar-refractivity contribution in [3.8, 4) is 0 Å². The number of halogens is 1. The first-order valence-electron chi connectivity index (χ1n) is 9.14. The van der Waals surface area contributed by atoms with Crippen molar-refractivity contribution >= 4 is 30.3 Å². The summed E-state index contributed by atoms with van der Waals surface area (Å²) < 4.78 is 0. The van der Waals surface area contributed by atoms with Crippen LogP contribution in [0, 0.1) is 11.3 Å². The van der Waals surface area contributed by atoms with Crippen molar-refractivity contribution in [2.24, 2.45) is 11.3 Å². The van der Waals surface area contributed by atoms with Gasteiger partial charge in [0.15, 0.2) is 0 Å². The van der Waals surface area contributed by atoms with Crippen LogP contribution in [0.25, 0.3) is 0 Å². The zero-order valence-electron chi connectivity index (χ0n) is 15.3. The van der Waals surface area contributed by atoms with Gasteiger partial charge in [-0.05, 0) is 55.8 Å². The number of hydrogen-bond acceptors (Lipinski definition) is 4. The second-order valence-corrected chi connectivity index (χ2v) is 7.82. The predicted molar refractivity (Wildman–Crippen MR) is 102 cm³/mol. The van der Waals surface area contributed by atoms with Gasteiger partial charge in [0, 0.05) is 12.5 Å². The summed E-state index contributed by atoms with van der Waals surface area (Å²) in [6.07, 6.45) is 3.19. The van der Waals surface area contributed by atoms with E-state index in [-0.39, 0.29) is 35.6 Å². The molecule has 4 rings (SSSR count). The Morgan fingerprint density at radius 3 is 2.44 bits per heavy atom. The van der Waals surface area contributed by atoms with Gasteiger partial charge in [-0.25, -0.2) is 4.79 Å². The molecule has 146 valence electrons. The molecule has 1 aromatic rings. The first-order valence-corrected chi connectivity index (χ1v) is 9.14. The fourth-order valence-corrected chi connectivity index (χ4v) is 4.21. The van der Waals surface area contributed by atoms with E-state index in [0.717, 1.165) is 37.9 Å². The summed E-state index contributed by atoms with van der Waals surface area (Å²) in [6, 6.07) is 6.92. The van der Waals surface area contributed by atoms with Crippen molar-refractivity contribution in [3.05, 3.63) is 35.4 Å². The van der Waals surface area contributed by atoms with Crippen LogP contribution in [0.1, 0.15) is 37.3 Å². The first kappa shape index (κ1) is 19.6. The molecule has 2 saturated heterocycles. The molecule has 27 heavy (non-hydrogen) atoms. The molecular formula is C19H25ClN4O3. The van der Waals surface area contributed by atoms with E-state index < -0.39 is 11.6 Å². The summed E-state index contributed by atoms with van der Waals surface area (Å²) in [5.74, 6) is -0.0601. The molecule has 2 unspecified atom stereocenters. The number of benzene rings is 1. The highest BCUT2D eigenvalue weighted by molar-refractivity contribution is 6.07. The van der Waals surface area contributed by atoms with Crippen molar-refractivity contribution in [2.75, 3.05) is 13.1 Å². The molecule has 0 bridgehead atoms. The Labute approximate surface area is 164 Å². The van der Waals surface area contributed by atoms with Gasteiger partial charge in [0.05, 0.1) is 0 Å². The Bertz CT molecular complexity index is 761. The smallest absolute Gasteiger partial charge is 0.322 e. The van der Waals surface area contributed by atoms with Gasteiger partial charge >= 0.3 is 6.03 Å². The maximum Gasteiger partial charge on any atom is 0.322 e. The third-order valence-corrected chi connectivity index (χ3v) is 6.15. The van der Waals surface area contributed by atoms with Crippen molar-refractivity contribution in [3.63, 3.8) is 0 Å². The van der Waals surface area contributed by atoms with Gasteiger partial charge in [-0.15, -0.1) is 12.4 Å². The van der Waals surface area contributed by atoms with Crippen LogP contribution in [0.4, 0.5) is 4.79 Å². The minimum Gasteiger partial charge on any atom is -0.352 e. The van der Waals surface area contributed by atoms with Crippen molar-refractivity contribution in [1.82, 2.24) is 21.3 Å². The first-order chi connectivity index (χ1) is 12.4. The molecule has 1 aromatic carbocycles. The number of hydrogen-bond donors (Lipinski definition) is 4. The lowest BCUT2D eigenvalue weighted by atomic mass is 9.91. The number of amides is 4. The van der Waals surface area contributed by atoms with Crippen molar-refractivity contribution in [2.45, 2.75) is 38.3 Å². The molecule has 0 radical (unpaired) electrons. The maximum absolute atomic E-state index is 12.4. The third-order valence-electron chi connectivity index (χ3n) is 6.15. The van der Waals surface area contributed by atoms with Crippen LogP contribution >= 0.6 is 12.4 Å². The summed E-state index contributed by atoms with van der Waals surface area (Å²) in [7, 11) is 0.